The second kappa shape index (κ2) is 4.28. The zero-order valence-corrected chi connectivity index (χ0v) is 9.69. The lowest BCUT2D eigenvalue weighted by molar-refractivity contribution is -0.155. The van der Waals surface area contributed by atoms with E-state index in [0.717, 1.165) is 6.42 Å². The molecule has 1 aliphatic rings. The Morgan fingerprint density at radius 1 is 1.31 bits per heavy atom. The summed E-state index contributed by atoms with van der Waals surface area (Å²) in [5, 5.41) is 18.4. The molecule has 0 amide bonds. The molecule has 0 fully saturated rings. The van der Waals surface area contributed by atoms with Gasteiger partial charge in [-0.2, -0.15) is 0 Å². The van der Waals surface area contributed by atoms with Crippen LogP contribution in [0, 0.1) is 10.8 Å². The molecule has 0 saturated carbocycles. The van der Waals surface area contributed by atoms with Crippen molar-refractivity contribution in [1.29, 1.82) is 0 Å². The fourth-order valence-corrected chi connectivity index (χ4v) is 2.41. The third kappa shape index (κ3) is 2.10. The number of aliphatic carboxylic acids is 2. The third-order valence-electron chi connectivity index (χ3n) is 3.35. The van der Waals surface area contributed by atoms with E-state index in [2.05, 4.69) is 0 Å². The first-order chi connectivity index (χ1) is 7.36. The van der Waals surface area contributed by atoms with E-state index in [1.807, 2.05) is 6.92 Å². The van der Waals surface area contributed by atoms with Gasteiger partial charge in [-0.25, -0.2) is 0 Å². The Bertz CT molecular complexity index is 334. The van der Waals surface area contributed by atoms with Gasteiger partial charge in [-0.1, -0.05) is 25.5 Å². The van der Waals surface area contributed by atoms with Gasteiger partial charge in [0.05, 0.1) is 10.8 Å². The molecule has 2 unspecified atom stereocenters. The van der Waals surface area contributed by atoms with Crippen LogP contribution in [0.2, 0.25) is 0 Å². The monoisotopic (exact) mass is 226 g/mol. The molecule has 2 N–H and O–H groups in total. The van der Waals surface area contributed by atoms with Crippen LogP contribution in [0.15, 0.2) is 12.2 Å². The normalized spacial score (nSPS) is 33.6. The van der Waals surface area contributed by atoms with Crippen LogP contribution >= 0.6 is 0 Å². The predicted octanol–water partition coefficient (Wildman–Crippen LogP) is 2.30. The van der Waals surface area contributed by atoms with Crippen molar-refractivity contribution in [1.82, 2.24) is 0 Å². The van der Waals surface area contributed by atoms with Gasteiger partial charge in [-0.05, 0) is 26.2 Å². The molecule has 16 heavy (non-hydrogen) atoms. The molecule has 0 radical (unpaired) electrons. The van der Waals surface area contributed by atoms with Gasteiger partial charge in [0.15, 0.2) is 0 Å². The largest absolute Gasteiger partial charge is 0.481 e. The van der Waals surface area contributed by atoms with Gasteiger partial charge in [-0.3, -0.25) is 9.59 Å². The van der Waals surface area contributed by atoms with Crippen LogP contribution in [0.1, 0.15) is 39.5 Å². The lowest BCUT2D eigenvalue weighted by Crippen LogP contribution is -2.41. The van der Waals surface area contributed by atoms with Gasteiger partial charge < -0.3 is 10.2 Å². The zero-order valence-electron chi connectivity index (χ0n) is 9.69. The molecule has 0 heterocycles. The third-order valence-corrected chi connectivity index (χ3v) is 3.35. The van der Waals surface area contributed by atoms with Crippen LogP contribution in [0.3, 0.4) is 0 Å². The summed E-state index contributed by atoms with van der Waals surface area (Å²) in [4.78, 5) is 22.5. The highest BCUT2D eigenvalue weighted by Gasteiger charge is 2.47. The summed E-state index contributed by atoms with van der Waals surface area (Å²) in [5.41, 5.74) is -1.96. The summed E-state index contributed by atoms with van der Waals surface area (Å²) >= 11 is 0. The molecule has 0 aromatic heterocycles. The van der Waals surface area contributed by atoms with Gasteiger partial charge in [0, 0.05) is 0 Å². The molecular weight excluding hydrogens is 208 g/mol. The van der Waals surface area contributed by atoms with Crippen molar-refractivity contribution in [3.63, 3.8) is 0 Å². The molecule has 0 bridgehead atoms. The van der Waals surface area contributed by atoms with E-state index in [-0.39, 0.29) is 6.42 Å². The Labute approximate surface area is 95.0 Å². The van der Waals surface area contributed by atoms with Crippen molar-refractivity contribution in [3.05, 3.63) is 12.2 Å². The van der Waals surface area contributed by atoms with E-state index in [4.69, 9.17) is 5.11 Å². The fraction of sp³-hybridized carbons (Fsp3) is 0.667. The average molecular weight is 226 g/mol. The summed E-state index contributed by atoms with van der Waals surface area (Å²) in [6.45, 7) is 3.53. The first-order valence-electron chi connectivity index (χ1n) is 5.51. The Balaban J connectivity index is 3.05. The molecule has 0 spiro atoms. The number of allylic oxidation sites excluding steroid dienone is 1. The molecule has 0 saturated heterocycles. The summed E-state index contributed by atoms with van der Waals surface area (Å²) < 4.78 is 0. The second-order valence-electron chi connectivity index (χ2n) is 4.86. The van der Waals surface area contributed by atoms with Crippen molar-refractivity contribution < 1.29 is 19.8 Å². The highest BCUT2D eigenvalue weighted by molar-refractivity contribution is 5.81. The summed E-state index contributed by atoms with van der Waals surface area (Å²) in [6.07, 6.45) is 5.16. The number of hydrogen-bond acceptors (Lipinski definition) is 2. The van der Waals surface area contributed by atoms with E-state index < -0.39 is 22.8 Å². The molecule has 2 atom stereocenters. The van der Waals surface area contributed by atoms with Crippen LogP contribution in [-0.2, 0) is 9.59 Å². The standard InChI is InChI=1S/C12H18O4/c1-3-5-12(10(15)16)7-4-6-11(2,8-12)9(13)14/h4,7H,3,5-6,8H2,1-2H3,(H,13,14)(H,15,16). The summed E-state index contributed by atoms with van der Waals surface area (Å²) in [7, 11) is 0. The smallest absolute Gasteiger partial charge is 0.313 e. The minimum Gasteiger partial charge on any atom is -0.481 e. The van der Waals surface area contributed by atoms with Crippen LogP contribution in [0.4, 0.5) is 0 Å². The second-order valence-corrected chi connectivity index (χ2v) is 4.86. The number of carboxylic acid groups (broad SMARTS) is 2. The number of rotatable bonds is 4. The highest BCUT2D eigenvalue weighted by atomic mass is 16.4. The van der Waals surface area contributed by atoms with Crippen LogP contribution in [-0.4, -0.2) is 22.2 Å². The van der Waals surface area contributed by atoms with E-state index in [9.17, 15) is 14.7 Å². The molecule has 4 heteroatoms. The molecular formula is C12H18O4. The maximum atomic E-state index is 11.3. The Morgan fingerprint density at radius 3 is 2.38 bits per heavy atom. The molecule has 0 aliphatic heterocycles. The maximum absolute atomic E-state index is 11.3. The summed E-state index contributed by atoms with van der Waals surface area (Å²) in [5.74, 6) is -1.84. The number of hydrogen-bond donors (Lipinski definition) is 2. The molecule has 0 aromatic carbocycles. The van der Waals surface area contributed by atoms with E-state index in [1.165, 1.54) is 0 Å². The first-order valence-corrected chi connectivity index (χ1v) is 5.51. The van der Waals surface area contributed by atoms with Gasteiger partial charge in [0.1, 0.15) is 0 Å². The lowest BCUT2D eigenvalue weighted by atomic mass is 9.64. The SMILES string of the molecule is CCCC1(C(=O)O)C=CCC(C)(C(=O)O)C1. The predicted molar refractivity (Wildman–Crippen MR) is 59.1 cm³/mol. The average Bonchev–Trinajstić information content (AvgIpc) is 2.17. The maximum Gasteiger partial charge on any atom is 0.313 e. The Hall–Kier alpha value is -1.32. The lowest BCUT2D eigenvalue weighted by Gasteiger charge is -2.37. The van der Waals surface area contributed by atoms with E-state index in [1.54, 1.807) is 19.1 Å². The quantitative estimate of drug-likeness (QED) is 0.721. The topological polar surface area (TPSA) is 74.6 Å². The molecule has 1 aliphatic carbocycles. The van der Waals surface area contributed by atoms with Crippen molar-refractivity contribution in [2.45, 2.75) is 39.5 Å². The molecule has 0 aromatic rings. The van der Waals surface area contributed by atoms with Crippen molar-refractivity contribution in [3.8, 4) is 0 Å². The first kappa shape index (κ1) is 12.7. The van der Waals surface area contributed by atoms with Crippen LogP contribution in [0.25, 0.3) is 0 Å². The van der Waals surface area contributed by atoms with Gasteiger partial charge in [0.25, 0.3) is 0 Å². The number of carbonyl (C=O) groups is 2. The van der Waals surface area contributed by atoms with Crippen LogP contribution in [0.5, 0.6) is 0 Å². The summed E-state index contributed by atoms with van der Waals surface area (Å²) in [6, 6.07) is 0. The Morgan fingerprint density at radius 2 is 1.94 bits per heavy atom. The van der Waals surface area contributed by atoms with Crippen molar-refractivity contribution in [2.24, 2.45) is 10.8 Å². The zero-order chi connectivity index (χ0) is 12.4. The fourth-order valence-electron chi connectivity index (χ4n) is 2.41. The van der Waals surface area contributed by atoms with Gasteiger partial charge in [0.2, 0.25) is 0 Å². The molecule has 4 nitrogen and oxygen atoms in total. The van der Waals surface area contributed by atoms with E-state index in [0.29, 0.717) is 12.8 Å². The molecule has 90 valence electrons. The van der Waals surface area contributed by atoms with E-state index >= 15 is 0 Å². The van der Waals surface area contributed by atoms with Crippen molar-refractivity contribution >= 4 is 11.9 Å². The van der Waals surface area contributed by atoms with Crippen molar-refractivity contribution in [2.75, 3.05) is 0 Å². The highest BCUT2D eigenvalue weighted by Crippen LogP contribution is 2.45. The minimum absolute atomic E-state index is 0.176. The van der Waals surface area contributed by atoms with Gasteiger partial charge >= 0.3 is 11.9 Å². The molecule has 1 rings (SSSR count). The minimum atomic E-state index is -1.000. The Kier molecular flexibility index (Phi) is 3.41. The number of carboxylic acids is 2. The van der Waals surface area contributed by atoms with Gasteiger partial charge in [-0.15, -0.1) is 0 Å². The van der Waals surface area contributed by atoms with Crippen LogP contribution < -0.4 is 0 Å².